The molecule has 0 atom stereocenters. The van der Waals surface area contributed by atoms with Crippen LogP contribution in [0.3, 0.4) is 0 Å². The predicted octanol–water partition coefficient (Wildman–Crippen LogP) is 4.97. The fourth-order valence-corrected chi connectivity index (χ4v) is 2.47. The lowest BCUT2D eigenvalue weighted by Gasteiger charge is -2.09. The molecule has 0 saturated heterocycles. The minimum absolute atomic E-state index is 0.179. The molecule has 2 rings (SSSR count). The maximum absolute atomic E-state index is 12.0. The quantitative estimate of drug-likeness (QED) is 0.506. The van der Waals surface area contributed by atoms with Gasteiger partial charge in [0.2, 0.25) is 5.91 Å². The van der Waals surface area contributed by atoms with Crippen LogP contribution >= 0.6 is 23.2 Å². The molecular formula is C19H19Cl2NO4. The van der Waals surface area contributed by atoms with Gasteiger partial charge in [-0.3, -0.25) is 4.79 Å². The predicted molar refractivity (Wildman–Crippen MR) is 102 cm³/mol. The van der Waals surface area contributed by atoms with E-state index in [-0.39, 0.29) is 29.5 Å². The molecule has 138 valence electrons. The molecule has 0 radical (unpaired) electrons. The van der Waals surface area contributed by atoms with Crippen molar-refractivity contribution in [3.63, 3.8) is 0 Å². The fourth-order valence-electron chi connectivity index (χ4n) is 2.15. The van der Waals surface area contributed by atoms with Crippen LogP contribution in [0.15, 0.2) is 42.5 Å². The van der Waals surface area contributed by atoms with E-state index in [1.54, 1.807) is 43.3 Å². The standard InChI is InChI=1S/C19H19Cl2NO4/c1-2-25-19(24)16-12-14(7-10-17(16)21)22-18(23)4-3-11-26-15-8-5-13(20)6-9-15/h5-10,12H,2-4,11H2,1H3,(H,22,23). The zero-order valence-corrected chi connectivity index (χ0v) is 15.8. The Morgan fingerprint density at radius 2 is 1.81 bits per heavy atom. The van der Waals surface area contributed by atoms with Crippen LogP contribution in [-0.4, -0.2) is 25.1 Å². The number of carbonyl (C=O) groups excluding carboxylic acids is 2. The molecule has 1 N–H and O–H groups in total. The summed E-state index contributed by atoms with van der Waals surface area (Å²) in [6.07, 6.45) is 0.831. The third-order valence-electron chi connectivity index (χ3n) is 3.38. The second-order valence-corrected chi connectivity index (χ2v) is 6.21. The van der Waals surface area contributed by atoms with E-state index in [1.807, 2.05) is 0 Å². The largest absolute Gasteiger partial charge is 0.494 e. The molecule has 26 heavy (non-hydrogen) atoms. The van der Waals surface area contributed by atoms with Crippen molar-refractivity contribution >= 4 is 40.8 Å². The summed E-state index contributed by atoms with van der Waals surface area (Å²) in [5.41, 5.74) is 0.707. The zero-order chi connectivity index (χ0) is 18.9. The van der Waals surface area contributed by atoms with E-state index in [1.165, 1.54) is 6.07 Å². The summed E-state index contributed by atoms with van der Waals surface area (Å²) in [6.45, 7) is 2.37. The van der Waals surface area contributed by atoms with Crippen LogP contribution in [0, 0.1) is 0 Å². The Morgan fingerprint density at radius 1 is 1.08 bits per heavy atom. The number of nitrogens with one attached hydrogen (secondary N) is 1. The van der Waals surface area contributed by atoms with E-state index in [9.17, 15) is 9.59 Å². The van der Waals surface area contributed by atoms with Crippen LogP contribution in [0.4, 0.5) is 5.69 Å². The van der Waals surface area contributed by atoms with Gasteiger partial charge >= 0.3 is 5.97 Å². The van der Waals surface area contributed by atoms with E-state index in [0.717, 1.165) is 0 Å². The minimum Gasteiger partial charge on any atom is -0.494 e. The van der Waals surface area contributed by atoms with Gasteiger partial charge in [0.25, 0.3) is 0 Å². The Balaban J connectivity index is 1.81. The Hall–Kier alpha value is -2.24. The van der Waals surface area contributed by atoms with Gasteiger partial charge in [-0.05, 0) is 55.8 Å². The second kappa shape index (κ2) is 10.0. The van der Waals surface area contributed by atoms with Gasteiger partial charge in [0.1, 0.15) is 5.75 Å². The first-order valence-electron chi connectivity index (χ1n) is 8.14. The van der Waals surface area contributed by atoms with Crippen molar-refractivity contribution in [2.24, 2.45) is 0 Å². The lowest BCUT2D eigenvalue weighted by atomic mass is 10.2. The summed E-state index contributed by atoms with van der Waals surface area (Å²) in [4.78, 5) is 23.9. The van der Waals surface area contributed by atoms with E-state index in [0.29, 0.717) is 29.5 Å². The number of halogens is 2. The van der Waals surface area contributed by atoms with Gasteiger partial charge in [0.15, 0.2) is 0 Å². The molecule has 0 fully saturated rings. The molecule has 0 aliphatic heterocycles. The molecule has 7 heteroatoms. The first-order chi connectivity index (χ1) is 12.5. The van der Waals surface area contributed by atoms with Crippen LogP contribution < -0.4 is 10.1 Å². The SMILES string of the molecule is CCOC(=O)c1cc(NC(=O)CCCOc2ccc(Cl)cc2)ccc1Cl. The van der Waals surface area contributed by atoms with E-state index in [4.69, 9.17) is 32.7 Å². The van der Waals surface area contributed by atoms with Gasteiger partial charge in [-0.15, -0.1) is 0 Å². The van der Waals surface area contributed by atoms with Crippen molar-refractivity contribution in [1.82, 2.24) is 0 Å². The molecule has 0 bridgehead atoms. The van der Waals surface area contributed by atoms with Crippen LogP contribution in [0.1, 0.15) is 30.1 Å². The molecule has 5 nitrogen and oxygen atoms in total. The number of hydrogen-bond donors (Lipinski definition) is 1. The van der Waals surface area contributed by atoms with Gasteiger partial charge in [-0.25, -0.2) is 4.79 Å². The molecule has 0 unspecified atom stereocenters. The number of hydrogen-bond acceptors (Lipinski definition) is 4. The number of ether oxygens (including phenoxy) is 2. The highest BCUT2D eigenvalue weighted by molar-refractivity contribution is 6.33. The summed E-state index contributed by atoms with van der Waals surface area (Å²) in [7, 11) is 0. The third kappa shape index (κ3) is 6.24. The Bertz CT molecular complexity index is 763. The van der Waals surface area contributed by atoms with Gasteiger partial charge in [0.05, 0.1) is 23.8 Å². The Labute approximate surface area is 162 Å². The van der Waals surface area contributed by atoms with Crippen LogP contribution in [0.2, 0.25) is 10.0 Å². The van der Waals surface area contributed by atoms with Gasteiger partial charge in [-0.1, -0.05) is 23.2 Å². The van der Waals surface area contributed by atoms with Crippen molar-refractivity contribution in [2.45, 2.75) is 19.8 Å². The molecule has 2 aromatic carbocycles. The number of rotatable bonds is 8. The molecule has 2 aromatic rings. The van der Waals surface area contributed by atoms with Crippen molar-refractivity contribution < 1.29 is 19.1 Å². The number of anilines is 1. The molecule has 0 heterocycles. The maximum Gasteiger partial charge on any atom is 0.339 e. The fraction of sp³-hybridized carbons (Fsp3) is 0.263. The molecule has 0 aliphatic carbocycles. The van der Waals surface area contributed by atoms with Gasteiger partial charge < -0.3 is 14.8 Å². The molecular weight excluding hydrogens is 377 g/mol. The van der Waals surface area contributed by atoms with E-state index >= 15 is 0 Å². The van der Waals surface area contributed by atoms with Crippen molar-refractivity contribution in [1.29, 1.82) is 0 Å². The Morgan fingerprint density at radius 3 is 2.50 bits per heavy atom. The van der Waals surface area contributed by atoms with Crippen LogP contribution in [0.25, 0.3) is 0 Å². The Kier molecular flexibility index (Phi) is 7.75. The number of esters is 1. The second-order valence-electron chi connectivity index (χ2n) is 5.37. The highest BCUT2D eigenvalue weighted by Gasteiger charge is 2.13. The number of benzene rings is 2. The summed E-state index contributed by atoms with van der Waals surface area (Å²) in [5, 5.41) is 3.65. The zero-order valence-electron chi connectivity index (χ0n) is 14.3. The van der Waals surface area contributed by atoms with Crippen molar-refractivity contribution in [3.05, 3.63) is 58.1 Å². The molecule has 0 aliphatic rings. The van der Waals surface area contributed by atoms with E-state index < -0.39 is 5.97 Å². The van der Waals surface area contributed by atoms with Crippen molar-refractivity contribution in [3.8, 4) is 5.75 Å². The summed E-state index contributed by atoms with van der Waals surface area (Å²) >= 11 is 11.8. The molecule has 1 amide bonds. The highest BCUT2D eigenvalue weighted by atomic mass is 35.5. The lowest BCUT2D eigenvalue weighted by molar-refractivity contribution is -0.116. The van der Waals surface area contributed by atoms with Gasteiger partial charge in [0, 0.05) is 17.1 Å². The average Bonchev–Trinajstić information content (AvgIpc) is 2.62. The highest BCUT2D eigenvalue weighted by Crippen LogP contribution is 2.22. The topological polar surface area (TPSA) is 64.6 Å². The average molecular weight is 396 g/mol. The first kappa shape index (κ1) is 20.1. The third-order valence-corrected chi connectivity index (χ3v) is 3.96. The monoisotopic (exact) mass is 395 g/mol. The maximum atomic E-state index is 12.0. The lowest BCUT2D eigenvalue weighted by Crippen LogP contribution is -2.14. The minimum atomic E-state index is -0.523. The number of carbonyl (C=O) groups is 2. The van der Waals surface area contributed by atoms with E-state index in [2.05, 4.69) is 5.32 Å². The molecule has 0 saturated carbocycles. The van der Waals surface area contributed by atoms with Crippen molar-refractivity contribution in [2.75, 3.05) is 18.5 Å². The van der Waals surface area contributed by atoms with Crippen LogP contribution in [0.5, 0.6) is 5.75 Å². The smallest absolute Gasteiger partial charge is 0.339 e. The van der Waals surface area contributed by atoms with Gasteiger partial charge in [-0.2, -0.15) is 0 Å². The van der Waals surface area contributed by atoms with Crippen LogP contribution in [-0.2, 0) is 9.53 Å². The normalized spacial score (nSPS) is 10.3. The summed E-state index contributed by atoms with van der Waals surface area (Å²) < 4.78 is 10.5. The summed E-state index contributed by atoms with van der Waals surface area (Å²) in [6, 6.07) is 11.7. The molecule has 0 spiro atoms. The number of amides is 1. The summed E-state index contributed by atoms with van der Waals surface area (Å²) in [5.74, 6) is -0.00149. The molecule has 0 aromatic heterocycles. The first-order valence-corrected chi connectivity index (χ1v) is 8.90.